The number of benzene rings is 1. The van der Waals surface area contributed by atoms with Crippen LogP contribution >= 0.6 is 28.3 Å². The van der Waals surface area contributed by atoms with Crippen LogP contribution in [-0.4, -0.2) is 55.7 Å². The smallest absolute Gasteiger partial charge is 0.350 e. The van der Waals surface area contributed by atoms with Crippen molar-refractivity contribution in [3.63, 3.8) is 0 Å². The van der Waals surface area contributed by atoms with Gasteiger partial charge in [0.25, 0.3) is 5.91 Å². The summed E-state index contributed by atoms with van der Waals surface area (Å²) in [6.45, 7) is 1.22. The number of carbonyl (C=O) groups is 1. The third-order valence-electron chi connectivity index (χ3n) is 3.51. The second kappa shape index (κ2) is 8.86. The van der Waals surface area contributed by atoms with Crippen LogP contribution in [-0.2, 0) is 0 Å². The molecule has 1 aromatic rings. The number of hydrogen-bond donors (Lipinski definition) is 2. The molecule has 0 bridgehead atoms. The summed E-state index contributed by atoms with van der Waals surface area (Å²) in [7, 11) is 0. The summed E-state index contributed by atoms with van der Waals surface area (Å²) in [4.78, 5) is 13.3. The molecule has 1 unspecified atom stereocenters. The molecule has 0 spiro atoms. The number of alkyl halides is 3. The van der Waals surface area contributed by atoms with Crippen LogP contribution in [0.4, 0.5) is 13.2 Å². The van der Waals surface area contributed by atoms with Gasteiger partial charge in [-0.1, -0.05) is 22.0 Å². The monoisotopic (exact) mass is 415 g/mol. The van der Waals surface area contributed by atoms with Gasteiger partial charge in [0.05, 0.1) is 0 Å². The van der Waals surface area contributed by atoms with Crippen molar-refractivity contribution in [3.8, 4) is 0 Å². The van der Waals surface area contributed by atoms with E-state index in [9.17, 15) is 18.0 Å². The lowest BCUT2D eigenvalue weighted by Gasteiger charge is -2.35. The van der Waals surface area contributed by atoms with Gasteiger partial charge in [-0.3, -0.25) is 9.69 Å². The van der Waals surface area contributed by atoms with Gasteiger partial charge in [-0.25, -0.2) is 0 Å². The standard InChI is InChI=1S/C14H17BrF3N3O.ClH/c15-11-3-1-2-10(8-11)13(22)20-9-12(14(16,17)18)21-6-4-19-5-7-21;/h1-3,8,12,19H,4-7,9H2,(H,20,22);1H. The zero-order valence-corrected chi connectivity index (χ0v) is 14.6. The summed E-state index contributed by atoms with van der Waals surface area (Å²) < 4.78 is 40.3. The summed E-state index contributed by atoms with van der Waals surface area (Å²) >= 11 is 3.23. The quantitative estimate of drug-likeness (QED) is 0.792. The number of nitrogens with zero attached hydrogens (tertiary/aromatic N) is 1. The van der Waals surface area contributed by atoms with Crippen molar-refractivity contribution in [3.05, 3.63) is 34.3 Å². The zero-order valence-electron chi connectivity index (χ0n) is 12.2. The molecule has 0 radical (unpaired) electrons. The van der Waals surface area contributed by atoms with Crippen LogP contribution in [0.3, 0.4) is 0 Å². The molecule has 0 aromatic heterocycles. The fourth-order valence-electron chi connectivity index (χ4n) is 2.37. The Balaban J connectivity index is 0.00000264. The Morgan fingerprint density at radius 2 is 2.00 bits per heavy atom. The highest BCUT2D eigenvalue weighted by molar-refractivity contribution is 9.10. The zero-order chi connectivity index (χ0) is 16.2. The first-order valence-corrected chi connectivity index (χ1v) is 7.72. The van der Waals surface area contributed by atoms with Gasteiger partial charge in [-0.05, 0) is 18.2 Å². The van der Waals surface area contributed by atoms with Crippen LogP contribution in [0.2, 0.25) is 0 Å². The van der Waals surface area contributed by atoms with Crippen LogP contribution in [0, 0.1) is 0 Å². The Morgan fingerprint density at radius 1 is 1.35 bits per heavy atom. The molecule has 0 aliphatic carbocycles. The van der Waals surface area contributed by atoms with E-state index in [2.05, 4.69) is 26.6 Å². The number of amides is 1. The molecule has 9 heteroatoms. The van der Waals surface area contributed by atoms with E-state index in [-0.39, 0.29) is 12.4 Å². The van der Waals surface area contributed by atoms with Crippen LogP contribution in [0.5, 0.6) is 0 Å². The van der Waals surface area contributed by atoms with Gasteiger partial charge in [0.1, 0.15) is 6.04 Å². The second-order valence-corrected chi connectivity index (χ2v) is 5.98. The lowest BCUT2D eigenvalue weighted by Crippen LogP contribution is -2.57. The molecule has 130 valence electrons. The Morgan fingerprint density at radius 3 is 2.57 bits per heavy atom. The van der Waals surface area contributed by atoms with E-state index in [1.807, 2.05) is 0 Å². The van der Waals surface area contributed by atoms with E-state index < -0.39 is 24.7 Å². The van der Waals surface area contributed by atoms with Crippen LogP contribution in [0.15, 0.2) is 28.7 Å². The number of rotatable bonds is 4. The third kappa shape index (κ3) is 5.95. The average molecular weight is 417 g/mol. The first-order valence-electron chi connectivity index (χ1n) is 6.93. The summed E-state index contributed by atoms with van der Waals surface area (Å²) in [6, 6.07) is 4.88. The highest BCUT2D eigenvalue weighted by atomic mass is 79.9. The van der Waals surface area contributed by atoms with Crippen molar-refractivity contribution in [1.29, 1.82) is 0 Å². The minimum absolute atomic E-state index is 0. The predicted octanol–water partition coefficient (Wildman–Crippen LogP) is 2.44. The van der Waals surface area contributed by atoms with Gasteiger partial charge in [-0.15, -0.1) is 12.4 Å². The summed E-state index contributed by atoms with van der Waals surface area (Å²) in [5, 5.41) is 5.40. The summed E-state index contributed by atoms with van der Waals surface area (Å²) in [6.07, 6.45) is -4.37. The predicted molar refractivity (Wildman–Crippen MR) is 88.0 cm³/mol. The van der Waals surface area contributed by atoms with E-state index >= 15 is 0 Å². The lowest BCUT2D eigenvalue weighted by atomic mass is 10.1. The van der Waals surface area contributed by atoms with Crippen molar-refractivity contribution in [1.82, 2.24) is 15.5 Å². The molecule has 1 atom stereocenters. The maximum atomic E-state index is 13.2. The normalized spacial score (nSPS) is 17.2. The molecule has 1 amide bonds. The van der Waals surface area contributed by atoms with Crippen molar-refractivity contribution < 1.29 is 18.0 Å². The highest BCUT2D eigenvalue weighted by Gasteiger charge is 2.43. The Bertz CT molecular complexity index is 524. The van der Waals surface area contributed by atoms with Gasteiger partial charge in [0, 0.05) is 42.8 Å². The van der Waals surface area contributed by atoms with Crippen molar-refractivity contribution in [2.75, 3.05) is 32.7 Å². The second-order valence-electron chi connectivity index (χ2n) is 5.06. The van der Waals surface area contributed by atoms with Gasteiger partial charge >= 0.3 is 6.18 Å². The topological polar surface area (TPSA) is 44.4 Å². The molecule has 23 heavy (non-hydrogen) atoms. The Kier molecular flexibility index (Phi) is 7.79. The molecule has 1 aromatic carbocycles. The van der Waals surface area contributed by atoms with Gasteiger partial charge in [0.2, 0.25) is 0 Å². The summed E-state index contributed by atoms with van der Waals surface area (Å²) in [5.41, 5.74) is 0.329. The largest absolute Gasteiger partial charge is 0.405 e. The molecule has 2 rings (SSSR count). The molecule has 1 saturated heterocycles. The van der Waals surface area contributed by atoms with E-state index in [4.69, 9.17) is 0 Å². The highest BCUT2D eigenvalue weighted by Crippen LogP contribution is 2.25. The SMILES string of the molecule is Cl.O=C(NCC(N1CCNCC1)C(F)(F)F)c1cccc(Br)c1. The van der Waals surface area contributed by atoms with Crippen molar-refractivity contribution >= 4 is 34.2 Å². The van der Waals surface area contributed by atoms with Crippen LogP contribution < -0.4 is 10.6 Å². The number of piperazine rings is 1. The summed E-state index contributed by atoms with van der Waals surface area (Å²) in [5.74, 6) is -0.509. The maximum absolute atomic E-state index is 13.2. The number of hydrogen-bond acceptors (Lipinski definition) is 3. The molecule has 1 heterocycles. The number of nitrogens with one attached hydrogen (secondary N) is 2. The van der Waals surface area contributed by atoms with Crippen molar-refractivity contribution in [2.24, 2.45) is 0 Å². The molecule has 4 nitrogen and oxygen atoms in total. The molecule has 0 saturated carbocycles. The minimum Gasteiger partial charge on any atom is -0.350 e. The van der Waals surface area contributed by atoms with Crippen LogP contribution in [0.25, 0.3) is 0 Å². The first-order chi connectivity index (χ1) is 10.4. The molecule has 1 aliphatic heterocycles. The number of carbonyl (C=O) groups excluding carboxylic acids is 1. The van der Waals surface area contributed by atoms with Gasteiger partial charge in [0.15, 0.2) is 0 Å². The third-order valence-corrected chi connectivity index (χ3v) is 4.01. The fraction of sp³-hybridized carbons (Fsp3) is 0.500. The molecular weight excluding hydrogens is 399 g/mol. The van der Waals surface area contributed by atoms with E-state index in [1.54, 1.807) is 24.3 Å². The lowest BCUT2D eigenvalue weighted by molar-refractivity contribution is -0.183. The van der Waals surface area contributed by atoms with Gasteiger partial charge in [-0.2, -0.15) is 13.2 Å². The molecule has 1 fully saturated rings. The minimum atomic E-state index is -4.37. The Hall–Kier alpha value is -0.830. The fourth-order valence-corrected chi connectivity index (χ4v) is 2.77. The van der Waals surface area contributed by atoms with Crippen molar-refractivity contribution in [2.45, 2.75) is 12.2 Å². The van der Waals surface area contributed by atoms with E-state index in [0.29, 0.717) is 36.2 Å². The van der Waals surface area contributed by atoms with E-state index in [1.165, 1.54) is 4.90 Å². The van der Waals surface area contributed by atoms with E-state index in [0.717, 1.165) is 0 Å². The molecule has 2 N–H and O–H groups in total. The Labute approximate surface area is 147 Å². The molecular formula is C14H18BrClF3N3O. The first kappa shape index (κ1) is 20.2. The molecule has 1 aliphatic rings. The number of halogens is 5. The van der Waals surface area contributed by atoms with Gasteiger partial charge < -0.3 is 10.6 Å². The van der Waals surface area contributed by atoms with Crippen LogP contribution in [0.1, 0.15) is 10.4 Å². The maximum Gasteiger partial charge on any atom is 0.405 e. The average Bonchev–Trinajstić information content (AvgIpc) is 2.47.